The number of benzene rings is 1. The molecule has 1 aromatic rings. The van der Waals surface area contributed by atoms with E-state index in [0.29, 0.717) is 0 Å². The Balaban J connectivity index is 3.05. The minimum atomic E-state index is -1.74. The first kappa shape index (κ1) is 23.0. The normalized spacial score (nSPS) is 12.8. The summed E-state index contributed by atoms with van der Waals surface area (Å²) in [6, 6.07) is 9.96. The van der Waals surface area contributed by atoms with E-state index in [2.05, 4.69) is 39.8 Å². The summed E-state index contributed by atoms with van der Waals surface area (Å²) in [6.45, 7) is 9.05. The summed E-state index contributed by atoms with van der Waals surface area (Å²) in [5.74, 6) is 1.66. The summed E-state index contributed by atoms with van der Waals surface area (Å²) >= 11 is 0. The number of rotatable bonds is 14. The van der Waals surface area contributed by atoms with Crippen LogP contribution >= 0.6 is 0 Å². The number of ether oxygens (including phenoxy) is 2. The first-order valence-corrected chi connectivity index (χ1v) is 13.0. The summed E-state index contributed by atoms with van der Waals surface area (Å²) in [4.78, 5) is 0. The van der Waals surface area contributed by atoms with E-state index >= 15 is 0 Å². The van der Waals surface area contributed by atoms with Crippen LogP contribution in [0.1, 0.15) is 77.9 Å². The van der Waals surface area contributed by atoms with Gasteiger partial charge in [0.05, 0.1) is 20.3 Å². The Morgan fingerprint density at radius 1 is 0.769 bits per heavy atom. The maximum atomic E-state index is 6.96. The summed E-state index contributed by atoms with van der Waals surface area (Å²) in [5, 5.41) is 0. The van der Waals surface area contributed by atoms with E-state index in [1.54, 1.807) is 14.2 Å². The molecule has 0 saturated heterocycles. The highest BCUT2D eigenvalue weighted by atomic mass is 28.4. The van der Waals surface area contributed by atoms with Gasteiger partial charge in [0.15, 0.2) is 8.32 Å². The van der Waals surface area contributed by atoms with Gasteiger partial charge < -0.3 is 13.9 Å². The third-order valence-electron chi connectivity index (χ3n) is 5.23. The molecule has 0 fully saturated rings. The van der Waals surface area contributed by atoms with E-state index in [0.717, 1.165) is 17.1 Å². The Labute approximate surface area is 162 Å². The van der Waals surface area contributed by atoms with Crippen LogP contribution in [0.2, 0.25) is 18.1 Å². The Kier molecular flexibility index (Phi) is 11.0. The third kappa shape index (κ3) is 7.32. The lowest BCUT2D eigenvalue weighted by Gasteiger charge is -2.35. The maximum absolute atomic E-state index is 6.96. The fourth-order valence-electron chi connectivity index (χ4n) is 3.56. The largest absolute Gasteiger partial charge is 0.497 e. The average Bonchev–Trinajstić information content (AvgIpc) is 2.68. The fraction of sp³-hybridized carbons (Fsp3) is 0.727. The van der Waals surface area contributed by atoms with E-state index in [9.17, 15) is 0 Å². The van der Waals surface area contributed by atoms with Crippen molar-refractivity contribution in [1.29, 1.82) is 0 Å². The van der Waals surface area contributed by atoms with Gasteiger partial charge in [-0.3, -0.25) is 0 Å². The lowest BCUT2D eigenvalue weighted by atomic mass is 10.1. The molecule has 0 N–H and O–H groups in total. The van der Waals surface area contributed by atoms with Crippen LogP contribution in [0.5, 0.6) is 11.5 Å². The van der Waals surface area contributed by atoms with Gasteiger partial charge in [-0.2, -0.15) is 0 Å². The van der Waals surface area contributed by atoms with E-state index in [1.807, 2.05) is 6.07 Å². The second kappa shape index (κ2) is 12.4. The minimum absolute atomic E-state index is 0.0798. The zero-order chi connectivity index (χ0) is 19.4. The molecule has 3 nitrogen and oxygen atoms in total. The third-order valence-corrected chi connectivity index (χ3v) is 9.88. The van der Waals surface area contributed by atoms with Gasteiger partial charge in [0, 0.05) is 6.07 Å². The zero-order valence-corrected chi connectivity index (χ0v) is 18.9. The maximum Gasteiger partial charge on any atom is 0.193 e. The topological polar surface area (TPSA) is 27.7 Å². The standard InChI is InChI=1S/C22H40O3Si/c1-7-10-13-26(14-11-8-2,15-12-9-3)25-19(4)20-16-21(23-5)18-22(17-20)24-6/h16-19H,7-15H2,1-6H3/t19-/m0/s1. The zero-order valence-electron chi connectivity index (χ0n) is 17.9. The lowest BCUT2D eigenvalue weighted by Crippen LogP contribution is -2.39. The molecule has 0 spiro atoms. The fourth-order valence-corrected chi connectivity index (χ4v) is 8.54. The van der Waals surface area contributed by atoms with Gasteiger partial charge in [-0.05, 0) is 42.8 Å². The first-order chi connectivity index (χ1) is 12.5. The highest BCUT2D eigenvalue weighted by Gasteiger charge is 2.35. The van der Waals surface area contributed by atoms with Gasteiger partial charge in [0.1, 0.15) is 11.5 Å². The van der Waals surface area contributed by atoms with Gasteiger partial charge in [0.25, 0.3) is 0 Å². The van der Waals surface area contributed by atoms with Crippen LogP contribution in [-0.2, 0) is 4.43 Å². The van der Waals surface area contributed by atoms with Crippen LogP contribution in [-0.4, -0.2) is 22.5 Å². The van der Waals surface area contributed by atoms with Crippen molar-refractivity contribution in [3.8, 4) is 11.5 Å². The van der Waals surface area contributed by atoms with Crippen molar-refractivity contribution in [3.05, 3.63) is 23.8 Å². The monoisotopic (exact) mass is 380 g/mol. The molecule has 0 heterocycles. The summed E-state index contributed by atoms with van der Waals surface area (Å²) in [6.07, 6.45) is 7.68. The molecule has 0 aliphatic heterocycles. The molecule has 0 saturated carbocycles. The van der Waals surface area contributed by atoms with Crippen molar-refractivity contribution < 1.29 is 13.9 Å². The van der Waals surface area contributed by atoms with E-state index in [4.69, 9.17) is 13.9 Å². The molecule has 0 unspecified atom stereocenters. The van der Waals surface area contributed by atoms with Crippen LogP contribution in [0.3, 0.4) is 0 Å². The number of methoxy groups -OCH3 is 2. The van der Waals surface area contributed by atoms with E-state index < -0.39 is 8.32 Å². The molecule has 0 aliphatic rings. The number of hydrogen-bond acceptors (Lipinski definition) is 3. The van der Waals surface area contributed by atoms with Gasteiger partial charge >= 0.3 is 0 Å². The highest BCUT2D eigenvalue weighted by molar-refractivity contribution is 6.73. The second-order valence-electron chi connectivity index (χ2n) is 7.40. The highest BCUT2D eigenvalue weighted by Crippen LogP contribution is 2.36. The molecule has 0 bridgehead atoms. The summed E-state index contributed by atoms with van der Waals surface area (Å²) in [7, 11) is 1.66. The molecule has 4 heteroatoms. The molecule has 0 radical (unpaired) electrons. The molecular weight excluding hydrogens is 340 g/mol. The van der Waals surface area contributed by atoms with E-state index in [-0.39, 0.29) is 6.10 Å². The number of unbranched alkanes of at least 4 members (excludes halogenated alkanes) is 3. The van der Waals surface area contributed by atoms with Crippen molar-refractivity contribution in [2.24, 2.45) is 0 Å². The van der Waals surface area contributed by atoms with Crippen LogP contribution in [0.25, 0.3) is 0 Å². The molecule has 1 atom stereocenters. The Morgan fingerprint density at radius 3 is 1.54 bits per heavy atom. The van der Waals surface area contributed by atoms with Crippen LogP contribution in [0.15, 0.2) is 18.2 Å². The predicted molar refractivity (Wildman–Crippen MR) is 114 cm³/mol. The predicted octanol–water partition coefficient (Wildman–Crippen LogP) is 7.13. The Morgan fingerprint density at radius 2 is 1.19 bits per heavy atom. The van der Waals surface area contributed by atoms with Gasteiger partial charge in [-0.1, -0.05) is 59.3 Å². The molecular formula is C22H40O3Si. The van der Waals surface area contributed by atoms with Gasteiger partial charge in [-0.15, -0.1) is 0 Å². The van der Waals surface area contributed by atoms with Crippen LogP contribution < -0.4 is 9.47 Å². The summed E-state index contributed by atoms with van der Waals surface area (Å²) in [5.41, 5.74) is 1.16. The molecule has 26 heavy (non-hydrogen) atoms. The average molecular weight is 381 g/mol. The van der Waals surface area contributed by atoms with Crippen LogP contribution in [0, 0.1) is 0 Å². The molecule has 0 aromatic heterocycles. The van der Waals surface area contributed by atoms with Gasteiger partial charge in [-0.25, -0.2) is 0 Å². The molecule has 0 amide bonds. The van der Waals surface area contributed by atoms with Crippen molar-refractivity contribution in [2.75, 3.05) is 14.2 Å². The van der Waals surface area contributed by atoms with Crippen molar-refractivity contribution in [1.82, 2.24) is 0 Å². The molecule has 1 aromatic carbocycles. The summed E-state index contributed by atoms with van der Waals surface area (Å²) < 4.78 is 17.9. The number of hydrogen-bond donors (Lipinski definition) is 0. The van der Waals surface area contributed by atoms with Gasteiger partial charge in [0.2, 0.25) is 0 Å². The quantitative estimate of drug-likeness (QED) is 0.321. The smallest absolute Gasteiger partial charge is 0.193 e. The molecule has 150 valence electrons. The first-order valence-electron chi connectivity index (χ1n) is 10.4. The minimum Gasteiger partial charge on any atom is -0.497 e. The van der Waals surface area contributed by atoms with Crippen LogP contribution in [0.4, 0.5) is 0 Å². The lowest BCUT2D eigenvalue weighted by molar-refractivity contribution is 0.205. The van der Waals surface area contributed by atoms with Crippen molar-refractivity contribution in [3.63, 3.8) is 0 Å². The second-order valence-corrected chi connectivity index (χ2v) is 11.5. The Bertz CT molecular complexity index is 460. The van der Waals surface area contributed by atoms with Crippen molar-refractivity contribution in [2.45, 2.75) is 90.5 Å². The SMILES string of the molecule is CCCC[Si](CCCC)(CCCC)O[C@@H](C)c1cc(OC)cc(OC)c1. The van der Waals surface area contributed by atoms with Crippen molar-refractivity contribution >= 4 is 8.32 Å². The molecule has 0 aliphatic carbocycles. The molecule has 1 rings (SSSR count). The Hall–Kier alpha value is -1.00. The van der Waals surface area contributed by atoms with E-state index in [1.165, 1.54) is 56.7 Å².